The van der Waals surface area contributed by atoms with Crippen LogP contribution in [0, 0.1) is 5.41 Å². The summed E-state index contributed by atoms with van der Waals surface area (Å²) in [6.45, 7) is 5.99. The first-order valence-electron chi connectivity index (χ1n) is 7.66. The van der Waals surface area contributed by atoms with Crippen LogP contribution in [0.3, 0.4) is 0 Å². The van der Waals surface area contributed by atoms with Crippen molar-refractivity contribution < 1.29 is 14.7 Å². The lowest BCUT2D eigenvalue weighted by atomic mass is 9.86. The van der Waals surface area contributed by atoms with E-state index >= 15 is 0 Å². The van der Waals surface area contributed by atoms with Crippen molar-refractivity contribution in [1.29, 1.82) is 0 Å². The second-order valence-corrected chi connectivity index (χ2v) is 6.65. The molecule has 0 spiro atoms. The minimum absolute atomic E-state index is 0.119. The summed E-state index contributed by atoms with van der Waals surface area (Å²) in [5, 5.41) is 11.8. The largest absolute Gasteiger partial charge is 0.481 e. The lowest BCUT2D eigenvalue weighted by molar-refractivity contribution is -0.136. The molecule has 1 aromatic heterocycles. The smallest absolute Gasteiger partial charge is 0.307 e. The van der Waals surface area contributed by atoms with E-state index < -0.39 is 5.97 Å². The Bertz CT molecular complexity index is 724. The third-order valence-electron chi connectivity index (χ3n) is 3.53. The van der Waals surface area contributed by atoms with Crippen LogP contribution in [0.1, 0.15) is 48.6 Å². The molecule has 0 aliphatic rings. The highest BCUT2D eigenvalue weighted by Gasteiger charge is 2.30. The standard InChI is InChI=1S/C18H21N3O3/c1-18(2,3)15(16-19-8-5-9-20-16)21-17(24)13-7-4-6-12(10-13)11-14(22)23/h4-10,15H,11H2,1-3H3,(H,21,24)(H,22,23). The highest BCUT2D eigenvalue weighted by Crippen LogP contribution is 2.30. The number of benzene rings is 1. The van der Waals surface area contributed by atoms with Gasteiger partial charge in [0, 0.05) is 18.0 Å². The van der Waals surface area contributed by atoms with Gasteiger partial charge in [-0.1, -0.05) is 32.9 Å². The fourth-order valence-corrected chi connectivity index (χ4v) is 2.34. The molecule has 0 aliphatic heterocycles. The maximum atomic E-state index is 12.6. The fraction of sp³-hybridized carbons (Fsp3) is 0.333. The predicted molar refractivity (Wildman–Crippen MR) is 89.5 cm³/mol. The summed E-state index contributed by atoms with van der Waals surface area (Å²) in [7, 11) is 0. The first-order valence-corrected chi connectivity index (χ1v) is 7.66. The molecular weight excluding hydrogens is 306 g/mol. The van der Waals surface area contributed by atoms with Crippen molar-refractivity contribution in [2.75, 3.05) is 0 Å². The van der Waals surface area contributed by atoms with Crippen molar-refractivity contribution in [2.24, 2.45) is 5.41 Å². The summed E-state index contributed by atoms with van der Waals surface area (Å²) in [4.78, 5) is 31.9. The fourth-order valence-electron chi connectivity index (χ4n) is 2.34. The van der Waals surface area contributed by atoms with Crippen LogP contribution >= 0.6 is 0 Å². The summed E-state index contributed by atoms with van der Waals surface area (Å²) in [5.74, 6) is -0.674. The lowest BCUT2D eigenvalue weighted by Gasteiger charge is -2.30. The molecule has 1 aromatic carbocycles. The molecule has 1 amide bonds. The minimum Gasteiger partial charge on any atom is -0.481 e. The number of carbonyl (C=O) groups is 2. The normalized spacial score (nSPS) is 12.5. The molecular formula is C18H21N3O3. The van der Waals surface area contributed by atoms with Gasteiger partial charge in [-0.3, -0.25) is 9.59 Å². The molecule has 0 saturated heterocycles. The van der Waals surface area contributed by atoms with Crippen LogP contribution in [0.5, 0.6) is 0 Å². The molecule has 0 radical (unpaired) electrons. The molecule has 0 fully saturated rings. The van der Waals surface area contributed by atoms with Crippen molar-refractivity contribution in [3.8, 4) is 0 Å². The second-order valence-electron chi connectivity index (χ2n) is 6.65. The Balaban J connectivity index is 2.24. The molecule has 24 heavy (non-hydrogen) atoms. The number of nitrogens with zero attached hydrogens (tertiary/aromatic N) is 2. The van der Waals surface area contributed by atoms with Crippen molar-refractivity contribution in [2.45, 2.75) is 33.2 Å². The third kappa shape index (κ3) is 4.62. The SMILES string of the molecule is CC(C)(C)C(NC(=O)c1cccc(CC(=O)O)c1)c1ncccn1. The number of amides is 1. The maximum absolute atomic E-state index is 12.6. The molecule has 2 aromatic rings. The Labute approximate surface area is 141 Å². The van der Waals surface area contributed by atoms with Crippen LogP contribution < -0.4 is 5.32 Å². The Morgan fingerprint density at radius 3 is 2.42 bits per heavy atom. The van der Waals surface area contributed by atoms with Crippen LogP contribution in [0.4, 0.5) is 0 Å². The van der Waals surface area contributed by atoms with Gasteiger partial charge in [-0.05, 0) is 29.2 Å². The molecule has 1 unspecified atom stereocenters. The van der Waals surface area contributed by atoms with Gasteiger partial charge in [0.15, 0.2) is 5.82 Å². The number of carbonyl (C=O) groups excluding carboxylic acids is 1. The van der Waals surface area contributed by atoms with Gasteiger partial charge in [0.1, 0.15) is 0 Å². The van der Waals surface area contributed by atoms with Gasteiger partial charge in [0.2, 0.25) is 0 Å². The number of rotatable bonds is 5. The molecule has 1 atom stereocenters. The van der Waals surface area contributed by atoms with Crippen LogP contribution in [-0.2, 0) is 11.2 Å². The number of carboxylic acids is 1. The quantitative estimate of drug-likeness (QED) is 0.880. The first-order chi connectivity index (χ1) is 11.3. The van der Waals surface area contributed by atoms with Gasteiger partial charge >= 0.3 is 5.97 Å². The summed E-state index contributed by atoms with van der Waals surface area (Å²) in [6.07, 6.45) is 3.16. The first kappa shape index (κ1) is 17.6. The summed E-state index contributed by atoms with van der Waals surface area (Å²) in [6, 6.07) is 7.97. The van der Waals surface area contributed by atoms with Crippen LogP contribution in [0.2, 0.25) is 0 Å². The lowest BCUT2D eigenvalue weighted by Crippen LogP contribution is -2.37. The maximum Gasteiger partial charge on any atom is 0.307 e. The summed E-state index contributed by atoms with van der Waals surface area (Å²) in [5.41, 5.74) is 0.715. The van der Waals surface area contributed by atoms with E-state index in [2.05, 4.69) is 15.3 Å². The van der Waals surface area contributed by atoms with E-state index in [1.165, 1.54) is 0 Å². The zero-order valence-electron chi connectivity index (χ0n) is 14.0. The van der Waals surface area contributed by atoms with Crippen molar-refractivity contribution in [3.63, 3.8) is 0 Å². The van der Waals surface area contributed by atoms with E-state index in [4.69, 9.17) is 5.11 Å². The Morgan fingerprint density at radius 1 is 1.17 bits per heavy atom. The van der Waals surface area contributed by atoms with Gasteiger partial charge in [-0.15, -0.1) is 0 Å². The molecule has 0 bridgehead atoms. The van der Waals surface area contributed by atoms with Gasteiger partial charge < -0.3 is 10.4 Å². The number of aliphatic carboxylic acids is 1. The van der Waals surface area contributed by atoms with E-state index in [-0.39, 0.29) is 23.8 Å². The van der Waals surface area contributed by atoms with Gasteiger partial charge in [0.05, 0.1) is 12.5 Å². The number of hydrogen-bond donors (Lipinski definition) is 2. The number of carboxylic acid groups (broad SMARTS) is 1. The van der Waals surface area contributed by atoms with Gasteiger partial charge in [-0.2, -0.15) is 0 Å². The molecule has 1 heterocycles. The molecule has 2 N–H and O–H groups in total. The highest BCUT2D eigenvalue weighted by atomic mass is 16.4. The topological polar surface area (TPSA) is 92.2 Å². The Hall–Kier alpha value is -2.76. The number of aromatic nitrogens is 2. The molecule has 126 valence electrons. The molecule has 0 saturated carbocycles. The van der Waals surface area contributed by atoms with E-state index in [9.17, 15) is 9.59 Å². The predicted octanol–water partition coefficient (Wildman–Crippen LogP) is 2.62. The monoisotopic (exact) mass is 327 g/mol. The molecule has 2 rings (SSSR count). The van der Waals surface area contributed by atoms with E-state index in [0.29, 0.717) is 17.0 Å². The average Bonchev–Trinajstić information content (AvgIpc) is 2.51. The van der Waals surface area contributed by atoms with E-state index in [1.54, 1.807) is 42.7 Å². The average molecular weight is 327 g/mol. The number of nitrogens with one attached hydrogen (secondary N) is 1. The van der Waals surface area contributed by atoms with Gasteiger partial charge in [-0.25, -0.2) is 9.97 Å². The summed E-state index contributed by atoms with van der Waals surface area (Å²) < 4.78 is 0. The van der Waals surface area contributed by atoms with Gasteiger partial charge in [0.25, 0.3) is 5.91 Å². The zero-order valence-corrected chi connectivity index (χ0v) is 14.0. The molecule has 6 nitrogen and oxygen atoms in total. The zero-order chi connectivity index (χ0) is 17.7. The van der Waals surface area contributed by atoms with Crippen LogP contribution in [-0.4, -0.2) is 27.0 Å². The molecule has 6 heteroatoms. The van der Waals surface area contributed by atoms with E-state index in [0.717, 1.165) is 0 Å². The molecule has 0 aliphatic carbocycles. The third-order valence-corrected chi connectivity index (χ3v) is 3.53. The second kappa shape index (κ2) is 7.21. The summed E-state index contributed by atoms with van der Waals surface area (Å²) >= 11 is 0. The van der Waals surface area contributed by atoms with E-state index in [1.807, 2.05) is 20.8 Å². The van der Waals surface area contributed by atoms with Crippen molar-refractivity contribution >= 4 is 11.9 Å². The Kier molecular flexibility index (Phi) is 5.28. The van der Waals surface area contributed by atoms with Crippen LogP contribution in [0.15, 0.2) is 42.7 Å². The Morgan fingerprint density at radius 2 is 1.83 bits per heavy atom. The highest BCUT2D eigenvalue weighted by molar-refractivity contribution is 5.94. The van der Waals surface area contributed by atoms with Crippen molar-refractivity contribution in [3.05, 3.63) is 59.7 Å². The minimum atomic E-state index is -0.933. The number of hydrogen-bond acceptors (Lipinski definition) is 4. The van der Waals surface area contributed by atoms with Crippen LogP contribution in [0.25, 0.3) is 0 Å². The van der Waals surface area contributed by atoms with Crippen molar-refractivity contribution in [1.82, 2.24) is 15.3 Å².